The Kier molecular flexibility index (Phi) is 6.03. The lowest BCUT2D eigenvalue weighted by Gasteiger charge is -2.16. The normalized spacial score (nSPS) is 12.9. The summed E-state index contributed by atoms with van der Waals surface area (Å²) < 4.78 is 8.99. The molecule has 0 radical (unpaired) electrons. The molecule has 0 spiro atoms. The maximum absolute atomic E-state index is 11.4. The highest BCUT2D eigenvalue weighted by atomic mass is 16.5. The molecule has 1 aromatic rings. The molecule has 0 bridgehead atoms. The second-order valence-corrected chi connectivity index (χ2v) is 4.51. The molecule has 2 N–H and O–H groups in total. The van der Waals surface area contributed by atoms with Crippen molar-refractivity contribution in [2.75, 3.05) is 14.2 Å². The summed E-state index contributed by atoms with van der Waals surface area (Å²) in [5, 5.41) is 20.2. The SMILES string of the molecule is C=C(C(=O)OC)C(O)c1cccc(C(O)C(=C)C(=O)OC)c1. The molecular weight excluding hydrogens is 288 g/mol. The van der Waals surface area contributed by atoms with Crippen LogP contribution in [0.3, 0.4) is 0 Å². The van der Waals surface area contributed by atoms with Gasteiger partial charge in [0.25, 0.3) is 0 Å². The number of hydrogen-bond acceptors (Lipinski definition) is 6. The fourth-order valence-corrected chi connectivity index (χ4v) is 1.79. The molecule has 0 aliphatic heterocycles. The van der Waals surface area contributed by atoms with E-state index in [0.29, 0.717) is 11.1 Å². The summed E-state index contributed by atoms with van der Waals surface area (Å²) in [6.07, 6.45) is -2.57. The first-order valence-electron chi connectivity index (χ1n) is 6.33. The van der Waals surface area contributed by atoms with Gasteiger partial charge in [-0.15, -0.1) is 0 Å². The molecule has 6 heteroatoms. The number of benzene rings is 1. The van der Waals surface area contributed by atoms with E-state index in [1.807, 2.05) is 0 Å². The number of ether oxygens (including phenoxy) is 2. The van der Waals surface area contributed by atoms with Gasteiger partial charge >= 0.3 is 11.9 Å². The zero-order valence-corrected chi connectivity index (χ0v) is 12.4. The van der Waals surface area contributed by atoms with Gasteiger partial charge in [-0.2, -0.15) is 0 Å². The van der Waals surface area contributed by atoms with Crippen molar-refractivity contribution in [2.45, 2.75) is 12.2 Å². The summed E-state index contributed by atoms with van der Waals surface area (Å²) in [5.74, 6) is -1.48. The minimum absolute atomic E-state index is 0.138. The number of aliphatic hydroxyl groups is 2. The number of methoxy groups -OCH3 is 2. The molecule has 118 valence electrons. The number of carbonyl (C=O) groups is 2. The third-order valence-corrected chi connectivity index (χ3v) is 3.10. The molecule has 0 saturated heterocycles. The van der Waals surface area contributed by atoms with Crippen molar-refractivity contribution in [3.63, 3.8) is 0 Å². The van der Waals surface area contributed by atoms with Crippen molar-refractivity contribution in [3.05, 3.63) is 59.7 Å². The zero-order chi connectivity index (χ0) is 16.9. The Bertz CT molecular complexity index is 555. The largest absolute Gasteiger partial charge is 0.466 e. The van der Waals surface area contributed by atoms with Crippen LogP contribution in [0.5, 0.6) is 0 Å². The van der Waals surface area contributed by atoms with Gasteiger partial charge in [0.15, 0.2) is 0 Å². The summed E-state index contributed by atoms with van der Waals surface area (Å²) in [4.78, 5) is 22.8. The van der Waals surface area contributed by atoms with Crippen molar-refractivity contribution >= 4 is 11.9 Å². The molecule has 0 aromatic heterocycles. The van der Waals surface area contributed by atoms with Crippen LogP contribution in [0.15, 0.2) is 48.6 Å². The number of esters is 2. The molecule has 0 aliphatic carbocycles. The van der Waals surface area contributed by atoms with Crippen LogP contribution in [-0.4, -0.2) is 36.4 Å². The van der Waals surface area contributed by atoms with E-state index in [0.717, 1.165) is 0 Å². The standard InChI is InChI=1S/C16H18O6/c1-9(15(19)21-3)13(17)11-6-5-7-12(8-11)14(18)10(2)16(20)22-4/h5-8,13-14,17-18H,1-2H2,3-4H3. The molecule has 0 saturated carbocycles. The third kappa shape index (κ3) is 3.81. The zero-order valence-electron chi connectivity index (χ0n) is 12.4. The van der Waals surface area contributed by atoms with Gasteiger partial charge in [0.1, 0.15) is 12.2 Å². The summed E-state index contributed by atoms with van der Waals surface area (Å²) in [5.41, 5.74) is 0.371. The monoisotopic (exact) mass is 306 g/mol. The predicted octanol–water partition coefficient (Wildman–Crippen LogP) is 1.21. The first-order chi connectivity index (χ1) is 10.3. The highest BCUT2D eigenvalue weighted by molar-refractivity contribution is 5.89. The average Bonchev–Trinajstić information content (AvgIpc) is 2.57. The lowest BCUT2D eigenvalue weighted by Crippen LogP contribution is -2.14. The second-order valence-electron chi connectivity index (χ2n) is 4.51. The van der Waals surface area contributed by atoms with E-state index in [2.05, 4.69) is 22.6 Å². The van der Waals surface area contributed by atoms with Crippen LogP contribution < -0.4 is 0 Å². The highest BCUT2D eigenvalue weighted by Crippen LogP contribution is 2.27. The van der Waals surface area contributed by atoms with Crippen LogP contribution in [0.1, 0.15) is 23.3 Å². The third-order valence-electron chi connectivity index (χ3n) is 3.10. The summed E-state index contributed by atoms with van der Waals surface area (Å²) >= 11 is 0. The van der Waals surface area contributed by atoms with E-state index < -0.39 is 24.1 Å². The van der Waals surface area contributed by atoms with Crippen molar-refractivity contribution in [3.8, 4) is 0 Å². The van der Waals surface area contributed by atoms with Gasteiger partial charge in [-0.25, -0.2) is 9.59 Å². The second kappa shape index (κ2) is 7.53. The van der Waals surface area contributed by atoms with E-state index in [9.17, 15) is 19.8 Å². The Morgan fingerprint density at radius 1 is 0.955 bits per heavy atom. The Balaban J connectivity index is 3.04. The summed E-state index contributed by atoms with van der Waals surface area (Å²) in [7, 11) is 2.36. The molecule has 6 nitrogen and oxygen atoms in total. The topological polar surface area (TPSA) is 93.1 Å². The van der Waals surface area contributed by atoms with Crippen LogP contribution in [0.25, 0.3) is 0 Å². The highest BCUT2D eigenvalue weighted by Gasteiger charge is 2.22. The number of hydrogen-bond donors (Lipinski definition) is 2. The molecule has 1 aromatic carbocycles. The van der Waals surface area contributed by atoms with Gasteiger partial charge in [0, 0.05) is 0 Å². The number of carbonyl (C=O) groups excluding carboxylic acids is 2. The number of aliphatic hydroxyl groups excluding tert-OH is 2. The van der Waals surface area contributed by atoms with Crippen LogP contribution in [0.2, 0.25) is 0 Å². The van der Waals surface area contributed by atoms with Crippen LogP contribution in [-0.2, 0) is 19.1 Å². The molecule has 1 rings (SSSR count). The predicted molar refractivity (Wildman–Crippen MR) is 78.7 cm³/mol. The minimum Gasteiger partial charge on any atom is -0.466 e. The van der Waals surface area contributed by atoms with Gasteiger partial charge in [0.05, 0.1) is 25.4 Å². The summed E-state index contributed by atoms with van der Waals surface area (Å²) in [6, 6.07) is 6.11. The van der Waals surface area contributed by atoms with Crippen molar-refractivity contribution in [1.82, 2.24) is 0 Å². The lowest BCUT2D eigenvalue weighted by atomic mass is 9.96. The Morgan fingerprint density at radius 2 is 1.32 bits per heavy atom. The molecular formula is C16H18O6. The van der Waals surface area contributed by atoms with Crippen LogP contribution in [0, 0.1) is 0 Å². The van der Waals surface area contributed by atoms with Gasteiger partial charge in [0.2, 0.25) is 0 Å². The summed E-state index contributed by atoms with van der Waals surface area (Å²) in [6.45, 7) is 6.95. The fourth-order valence-electron chi connectivity index (χ4n) is 1.79. The molecule has 0 aliphatic rings. The van der Waals surface area contributed by atoms with Gasteiger partial charge in [-0.1, -0.05) is 31.4 Å². The van der Waals surface area contributed by atoms with Gasteiger partial charge < -0.3 is 19.7 Å². The lowest BCUT2D eigenvalue weighted by molar-refractivity contribution is -0.138. The van der Waals surface area contributed by atoms with Crippen molar-refractivity contribution in [1.29, 1.82) is 0 Å². The smallest absolute Gasteiger partial charge is 0.336 e. The molecule has 2 atom stereocenters. The van der Waals surface area contributed by atoms with Crippen molar-refractivity contribution in [2.24, 2.45) is 0 Å². The van der Waals surface area contributed by atoms with Gasteiger partial charge in [-0.05, 0) is 17.2 Å². The van der Waals surface area contributed by atoms with E-state index >= 15 is 0 Å². The molecule has 22 heavy (non-hydrogen) atoms. The molecule has 0 fully saturated rings. The Morgan fingerprint density at radius 3 is 1.64 bits per heavy atom. The van der Waals surface area contributed by atoms with Crippen LogP contribution >= 0.6 is 0 Å². The van der Waals surface area contributed by atoms with Crippen molar-refractivity contribution < 1.29 is 29.3 Å². The fraction of sp³-hybridized carbons (Fsp3) is 0.250. The van der Waals surface area contributed by atoms with E-state index in [1.54, 1.807) is 18.2 Å². The van der Waals surface area contributed by atoms with Crippen LogP contribution in [0.4, 0.5) is 0 Å². The van der Waals surface area contributed by atoms with Gasteiger partial charge in [-0.3, -0.25) is 0 Å². The Hall–Kier alpha value is -2.44. The Labute approximate surface area is 128 Å². The molecule has 0 amide bonds. The molecule has 2 unspecified atom stereocenters. The first kappa shape index (κ1) is 17.6. The van der Waals surface area contributed by atoms with E-state index in [4.69, 9.17) is 0 Å². The first-order valence-corrected chi connectivity index (χ1v) is 6.33. The maximum atomic E-state index is 11.4. The maximum Gasteiger partial charge on any atom is 0.336 e. The van der Waals surface area contributed by atoms with E-state index in [-0.39, 0.29) is 11.1 Å². The molecule has 0 heterocycles. The minimum atomic E-state index is -1.29. The van der Waals surface area contributed by atoms with E-state index in [1.165, 1.54) is 20.3 Å². The quantitative estimate of drug-likeness (QED) is 0.606. The number of rotatable bonds is 6. The average molecular weight is 306 g/mol.